The smallest absolute Gasteiger partial charge is 0.275 e. The summed E-state index contributed by atoms with van der Waals surface area (Å²) in [6.07, 6.45) is -3.39. The van der Waals surface area contributed by atoms with Gasteiger partial charge in [0.1, 0.15) is 5.82 Å². The zero-order valence-corrected chi connectivity index (χ0v) is 12.3. The van der Waals surface area contributed by atoms with E-state index in [0.717, 1.165) is 12.1 Å². The lowest BCUT2D eigenvalue weighted by Crippen LogP contribution is -2.05. The Balaban J connectivity index is 2.22. The highest BCUT2D eigenvalue weighted by molar-refractivity contribution is 6.39. The second kappa shape index (κ2) is 6.54. The van der Waals surface area contributed by atoms with Crippen molar-refractivity contribution in [1.82, 2.24) is 0 Å². The van der Waals surface area contributed by atoms with E-state index in [1.807, 2.05) is 0 Å². The van der Waals surface area contributed by atoms with Gasteiger partial charge in [-0.05, 0) is 18.2 Å². The van der Waals surface area contributed by atoms with Crippen molar-refractivity contribution >= 4 is 35.1 Å². The molecule has 116 valence electrons. The van der Waals surface area contributed by atoms with Gasteiger partial charge in [-0.1, -0.05) is 41.4 Å². The van der Waals surface area contributed by atoms with Crippen LogP contribution >= 0.6 is 23.2 Å². The zero-order valence-electron chi connectivity index (χ0n) is 10.8. The van der Waals surface area contributed by atoms with E-state index in [0.29, 0.717) is 0 Å². The van der Waals surface area contributed by atoms with Gasteiger partial charge in [0.25, 0.3) is 0 Å². The summed E-state index contributed by atoms with van der Waals surface area (Å²) in [5.74, 6) is -0.488. The molecule has 0 aromatic heterocycles. The standard InChI is InChI=1S/C14H8Cl2F4N2/c15-10-5-9(14(18,19)20)6-11(16)13(10)22-21-7-8-3-1-2-4-12(8)17/h1-7,22H. The maximum absolute atomic E-state index is 13.4. The quantitative estimate of drug-likeness (QED) is 0.435. The summed E-state index contributed by atoms with van der Waals surface area (Å²) in [6, 6.07) is 7.32. The monoisotopic (exact) mass is 350 g/mol. The van der Waals surface area contributed by atoms with Gasteiger partial charge in [-0.15, -0.1) is 0 Å². The molecule has 0 spiro atoms. The molecule has 0 bridgehead atoms. The predicted molar refractivity (Wildman–Crippen MR) is 79.1 cm³/mol. The van der Waals surface area contributed by atoms with Crippen LogP contribution in [-0.4, -0.2) is 6.21 Å². The molecule has 0 fully saturated rings. The SMILES string of the molecule is Fc1ccccc1C=NNc1c(Cl)cc(C(F)(F)F)cc1Cl. The number of alkyl halides is 3. The summed E-state index contributed by atoms with van der Waals surface area (Å²) >= 11 is 11.5. The van der Waals surface area contributed by atoms with E-state index >= 15 is 0 Å². The fraction of sp³-hybridized carbons (Fsp3) is 0.0714. The van der Waals surface area contributed by atoms with Crippen molar-refractivity contribution in [2.45, 2.75) is 6.18 Å². The molecule has 0 aliphatic carbocycles. The zero-order chi connectivity index (χ0) is 16.3. The highest BCUT2D eigenvalue weighted by Gasteiger charge is 2.32. The van der Waals surface area contributed by atoms with Gasteiger partial charge in [0.15, 0.2) is 0 Å². The van der Waals surface area contributed by atoms with Crippen LogP contribution in [0, 0.1) is 5.82 Å². The normalized spacial score (nSPS) is 11.9. The van der Waals surface area contributed by atoms with E-state index in [9.17, 15) is 17.6 Å². The minimum absolute atomic E-state index is 0.00363. The molecule has 2 rings (SSSR count). The Morgan fingerprint density at radius 1 is 1.05 bits per heavy atom. The van der Waals surface area contributed by atoms with Crippen LogP contribution in [-0.2, 0) is 6.18 Å². The van der Waals surface area contributed by atoms with Crippen molar-refractivity contribution in [2.75, 3.05) is 5.43 Å². The van der Waals surface area contributed by atoms with Crippen molar-refractivity contribution in [2.24, 2.45) is 5.10 Å². The van der Waals surface area contributed by atoms with Crippen molar-refractivity contribution in [3.8, 4) is 0 Å². The molecule has 0 aliphatic heterocycles. The van der Waals surface area contributed by atoms with Crippen LogP contribution < -0.4 is 5.43 Å². The molecule has 0 heterocycles. The third kappa shape index (κ3) is 3.90. The summed E-state index contributed by atoms with van der Waals surface area (Å²) < 4.78 is 51.1. The molecule has 0 saturated heterocycles. The first-order valence-electron chi connectivity index (χ1n) is 5.89. The molecule has 2 nitrogen and oxygen atoms in total. The first-order chi connectivity index (χ1) is 10.3. The van der Waals surface area contributed by atoms with Gasteiger partial charge in [0.2, 0.25) is 0 Å². The van der Waals surface area contributed by atoms with E-state index in [4.69, 9.17) is 23.2 Å². The van der Waals surface area contributed by atoms with Gasteiger partial charge in [-0.2, -0.15) is 18.3 Å². The number of nitrogens with zero attached hydrogens (tertiary/aromatic N) is 1. The Labute approximate surface area is 133 Å². The third-order valence-electron chi connectivity index (χ3n) is 2.65. The second-order valence-corrected chi connectivity index (χ2v) is 5.02. The van der Waals surface area contributed by atoms with Crippen LogP contribution in [0.4, 0.5) is 23.2 Å². The third-order valence-corrected chi connectivity index (χ3v) is 3.25. The van der Waals surface area contributed by atoms with Gasteiger partial charge in [-0.3, -0.25) is 5.43 Å². The summed E-state index contributed by atoms with van der Waals surface area (Å²) in [7, 11) is 0. The molecule has 0 aliphatic rings. The summed E-state index contributed by atoms with van der Waals surface area (Å²) in [6.45, 7) is 0. The Morgan fingerprint density at radius 3 is 2.18 bits per heavy atom. The lowest BCUT2D eigenvalue weighted by molar-refractivity contribution is -0.137. The second-order valence-electron chi connectivity index (χ2n) is 4.20. The number of anilines is 1. The van der Waals surface area contributed by atoms with Crippen LogP contribution in [0.5, 0.6) is 0 Å². The highest BCUT2D eigenvalue weighted by atomic mass is 35.5. The average molecular weight is 351 g/mol. The molecule has 2 aromatic carbocycles. The van der Waals surface area contributed by atoms with Gasteiger partial charge in [-0.25, -0.2) is 4.39 Å². The van der Waals surface area contributed by atoms with Gasteiger partial charge >= 0.3 is 6.18 Å². The van der Waals surface area contributed by atoms with Crippen LogP contribution in [0.3, 0.4) is 0 Å². The van der Waals surface area contributed by atoms with Crippen LogP contribution in [0.15, 0.2) is 41.5 Å². The maximum Gasteiger partial charge on any atom is 0.416 e. The molecule has 1 N–H and O–H groups in total. The molecule has 0 saturated carbocycles. The number of hydrogen-bond donors (Lipinski definition) is 1. The molecule has 2 aromatic rings. The lowest BCUT2D eigenvalue weighted by Gasteiger charge is -2.11. The summed E-state index contributed by atoms with van der Waals surface area (Å²) in [4.78, 5) is 0. The van der Waals surface area contributed by atoms with Crippen LogP contribution in [0.2, 0.25) is 10.0 Å². The fourth-order valence-corrected chi connectivity index (χ4v) is 2.16. The van der Waals surface area contributed by atoms with Crippen LogP contribution in [0.25, 0.3) is 0 Å². The number of nitrogens with one attached hydrogen (secondary N) is 1. The number of rotatable bonds is 3. The van der Waals surface area contributed by atoms with Crippen molar-refractivity contribution in [1.29, 1.82) is 0 Å². The number of hydrazone groups is 1. The Hall–Kier alpha value is -1.79. The number of hydrogen-bond acceptors (Lipinski definition) is 2. The Kier molecular flexibility index (Phi) is 4.93. The molecule has 0 radical (unpaired) electrons. The first kappa shape index (κ1) is 16.6. The molecule has 0 atom stereocenters. The van der Waals surface area contributed by atoms with Gasteiger partial charge in [0, 0.05) is 5.56 Å². The molecule has 0 unspecified atom stereocenters. The first-order valence-corrected chi connectivity index (χ1v) is 6.64. The van der Waals surface area contributed by atoms with Gasteiger partial charge in [0.05, 0.1) is 27.5 Å². The van der Waals surface area contributed by atoms with Gasteiger partial charge < -0.3 is 0 Å². The van der Waals surface area contributed by atoms with E-state index in [2.05, 4.69) is 10.5 Å². The molecule has 22 heavy (non-hydrogen) atoms. The highest BCUT2D eigenvalue weighted by Crippen LogP contribution is 2.38. The minimum Gasteiger partial charge on any atom is -0.275 e. The fourth-order valence-electron chi connectivity index (χ4n) is 1.59. The summed E-state index contributed by atoms with van der Waals surface area (Å²) in [5.41, 5.74) is 1.65. The molecule has 8 heteroatoms. The maximum atomic E-state index is 13.4. The van der Waals surface area contributed by atoms with Crippen molar-refractivity contribution in [3.63, 3.8) is 0 Å². The average Bonchev–Trinajstić information content (AvgIpc) is 2.42. The Morgan fingerprint density at radius 2 is 1.64 bits per heavy atom. The largest absolute Gasteiger partial charge is 0.416 e. The number of benzene rings is 2. The Bertz CT molecular complexity index is 691. The van der Waals surface area contributed by atoms with E-state index in [1.165, 1.54) is 24.4 Å². The van der Waals surface area contributed by atoms with Crippen molar-refractivity contribution in [3.05, 3.63) is 63.4 Å². The predicted octanol–water partition coefficient (Wildman–Crippen LogP) is 5.60. The molecular formula is C14H8Cl2F4N2. The minimum atomic E-state index is -4.55. The topological polar surface area (TPSA) is 24.4 Å². The number of halogens is 6. The van der Waals surface area contributed by atoms with Crippen LogP contribution in [0.1, 0.15) is 11.1 Å². The van der Waals surface area contributed by atoms with E-state index in [-0.39, 0.29) is 21.3 Å². The summed E-state index contributed by atoms with van der Waals surface area (Å²) in [5, 5.41) is 3.23. The van der Waals surface area contributed by atoms with E-state index < -0.39 is 17.6 Å². The molecular weight excluding hydrogens is 343 g/mol. The molecule has 0 amide bonds. The lowest BCUT2D eigenvalue weighted by atomic mass is 10.2. The van der Waals surface area contributed by atoms with Crippen molar-refractivity contribution < 1.29 is 17.6 Å². The van der Waals surface area contributed by atoms with E-state index in [1.54, 1.807) is 6.07 Å².